The zero-order chi connectivity index (χ0) is 18.0. The summed E-state index contributed by atoms with van der Waals surface area (Å²) in [5.41, 5.74) is 1.48. The first-order valence-corrected chi connectivity index (χ1v) is 8.64. The molecule has 0 radical (unpaired) electrons. The third kappa shape index (κ3) is 3.55. The summed E-state index contributed by atoms with van der Waals surface area (Å²) in [4.78, 5) is 12.1. The number of hydrazone groups is 1. The Hall–Kier alpha value is -2.29. The molecule has 6 nitrogen and oxygen atoms in total. The molecule has 0 saturated heterocycles. The van der Waals surface area contributed by atoms with E-state index in [0.717, 1.165) is 9.13 Å². The van der Waals surface area contributed by atoms with Gasteiger partial charge in [-0.25, -0.2) is 0 Å². The summed E-state index contributed by atoms with van der Waals surface area (Å²) in [7, 11) is 3.15. The highest BCUT2D eigenvalue weighted by atomic mass is 127. The van der Waals surface area contributed by atoms with Gasteiger partial charge in [-0.2, -0.15) is 5.01 Å². The van der Waals surface area contributed by atoms with Gasteiger partial charge in [-0.3, -0.25) is 4.79 Å². The van der Waals surface area contributed by atoms with Gasteiger partial charge in [0, 0.05) is 16.1 Å². The van der Waals surface area contributed by atoms with Gasteiger partial charge < -0.3 is 14.2 Å². The summed E-state index contributed by atoms with van der Waals surface area (Å²) in [6, 6.07) is 13.1. The summed E-state index contributed by atoms with van der Waals surface area (Å²) in [6.45, 7) is 1.45. The molecule has 0 spiro atoms. The molecule has 1 heterocycles. The molecule has 0 saturated carbocycles. The number of halogens is 1. The summed E-state index contributed by atoms with van der Waals surface area (Å²) in [6.07, 6.45) is -0.713. The fourth-order valence-corrected chi connectivity index (χ4v) is 3.08. The molecule has 0 bridgehead atoms. The Kier molecular flexibility index (Phi) is 5.12. The van der Waals surface area contributed by atoms with Crippen molar-refractivity contribution in [3.63, 3.8) is 0 Å². The van der Waals surface area contributed by atoms with Crippen molar-refractivity contribution in [2.45, 2.75) is 13.2 Å². The summed E-state index contributed by atoms with van der Waals surface area (Å²) in [5.74, 6) is 1.40. The van der Waals surface area contributed by atoms with Crippen LogP contribution in [0, 0.1) is 3.57 Å². The predicted molar refractivity (Wildman–Crippen MR) is 102 cm³/mol. The number of amides is 1. The number of benzene rings is 2. The quantitative estimate of drug-likeness (QED) is 0.666. The van der Waals surface area contributed by atoms with Crippen molar-refractivity contribution in [1.82, 2.24) is 5.01 Å². The second-order valence-corrected chi connectivity index (χ2v) is 6.60. The molecule has 1 aliphatic rings. The van der Waals surface area contributed by atoms with Crippen LogP contribution in [-0.4, -0.2) is 31.0 Å². The normalized spacial score (nSPS) is 16.2. The lowest BCUT2D eigenvalue weighted by atomic mass is 10.1. The number of rotatable bonds is 4. The van der Waals surface area contributed by atoms with Crippen molar-refractivity contribution in [3.8, 4) is 11.5 Å². The molecule has 1 amide bonds. The Morgan fingerprint density at radius 3 is 2.64 bits per heavy atom. The second-order valence-electron chi connectivity index (χ2n) is 5.36. The molecule has 7 heteroatoms. The maximum absolute atomic E-state index is 12.1. The minimum atomic E-state index is -0.713. The molecular formula is C18H17IN2O4. The van der Waals surface area contributed by atoms with Crippen LogP contribution in [0.15, 0.2) is 47.6 Å². The smallest absolute Gasteiger partial charge is 0.243 e. The van der Waals surface area contributed by atoms with Gasteiger partial charge in [0.15, 0.2) is 0 Å². The van der Waals surface area contributed by atoms with Crippen molar-refractivity contribution in [2.75, 3.05) is 14.2 Å². The summed E-state index contributed by atoms with van der Waals surface area (Å²) >= 11 is 2.22. The van der Waals surface area contributed by atoms with Crippen LogP contribution in [-0.2, 0) is 9.53 Å². The number of hydrogen-bond donors (Lipinski definition) is 0. The van der Waals surface area contributed by atoms with Gasteiger partial charge >= 0.3 is 0 Å². The van der Waals surface area contributed by atoms with Gasteiger partial charge in [-0.05, 0) is 59.0 Å². The monoisotopic (exact) mass is 452 g/mol. The molecule has 2 aromatic carbocycles. The van der Waals surface area contributed by atoms with Crippen molar-refractivity contribution < 1.29 is 19.0 Å². The topological polar surface area (TPSA) is 60.4 Å². The number of carbonyl (C=O) groups is 1. The Morgan fingerprint density at radius 2 is 2.00 bits per heavy atom. The average Bonchev–Trinajstić information content (AvgIpc) is 3.06. The van der Waals surface area contributed by atoms with Crippen LogP contribution in [0.3, 0.4) is 0 Å². The fraction of sp³-hybridized carbons (Fsp3) is 0.222. The Balaban J connectivity index is 2.02. The van der Waals surface area contributed by atoms with E-state index in [9.17, 15) is 4.79 Å². The van der Waals surface area contributed by atoms with Crippen LogP contribution >= 0.6 is 22.6 Å². The molecule has 0 unspecified atom stereocenters. The number of ether oxygens (including phenoxy) is 3. The number of carbonyl (C=O) groups excluding carboxylic acids is 1. The van der Waals surface area contributed by atoms with Gasteiger partial charge in [0.2, 0.25) is 18.0 Å². The fourth-order valence-electron chi connectivity index (χ4n) is 2.54. The van der Waals surface area contributed by atoms with E-state index >= 15 is 0 Å². The number of methoxy groups -OCH3 is 2. The van der Waals surface area contributed by atoms with Crippen LogP contribution in [0.25, 0.3) is 0 Å². The lowest BCUT2D eigenvalue weighted by molar-refractivity contribution is -0.135. The largest absolute Gasteiger partial charge is 0.497 e. The van der Waals surface area contributed by atoms with Crippen molar-refractivity contribution in [2.24, 2.45) is 5.10 Å². The van der Waals surface area contributed by atoms with E-state index in [1.54, 1.807) is 32.4 Å². The number of nitrogens with zero attached hydrogens (tertiary/aromatic N) is 2. The molecule has 0 fully saturated rings. The Morgan fingerprint density at radius 1 is 1.20 bits per heavy atom. The Bertz CT molecular complexity index is 838. The highest BCUT2D eigenvalue weighted by molar-refractivity contribution is 14.1. The third-order valence-corrected chi connectivity index (χ3v) is 4.41. The molecular weight excluding hydrogens is 435 g/mol. The lowest BCUT2D eigenvalue weighted by Crippen LogP contribution is -2.25. The number of hydrogen-bond acceptors (Lipinski definition) is 5. The van der Waals surface area contributed by atoms with Gasteiger partial charge in [0.05, 0.1) is 19.8 Å². The van der Waals surface area contributed by atoms with Gasteiger partial charge in [-0.15, -0.1) is 5.10 Å². The molecule has 1 atom stereocenters. The summed E-state index contributed by atoms with van der Waals surface area (Å²) < 4.78 is 17.8. The molecule has 25 heavy (non-hydrogen) atoms. The predicted octanol–water partition coefficient (Wildman–Crippen LogP) is 3.55. The lowest BCUT2D eigenvalue weighted by Gasteiger charge is -2.21. The van der Waals surface area contributed by atoms with Gasteiger partial charge in [-0.1, -0.05) is 6.07 Å². The van der Waals surface area contributed by atoms with Crippen LogP contribution < -0.4 is 9.47 Å². The van der Waals surface area contributed by atoms with Crippen LogP contribution in [0.5, 0.6) is 11.5 Å². The van der Waals surface area contributed by atoms with E-state index in [-0.39, 0.29) is 5.91 Å². The first-order chi connectivity index (χ1) is 12.0. The maximum Gasteiger partial charge on any atom is 0.243 e. The molecule has 2 aromatic rings. The standard InChI is InChI=1S/C18H17IN2O4/c1-11(22)21-18(15-10-14(23-2)7-8-16(15)24-3)25-17(20-21)12-5-4-6-13(19)9-12/h4-10,18H,1-3H3/t18-/m1/s1. The van der Waals surface area contributed by atoms with Crippen LogP contribution in [0.2, 0.25) is 0 Å². The Labute approximate surface area is 159 Å². The first kappa shape index (κ1) is 17.5. The zero-order valence-corrected chi connectivity index (χ0v) is 16.2. The van der Waals surface area contributed by atoms with Crippen LogP contribution in [0.4, 0.5) is 0 Å². The van der Waals surface area contributed by atoms with Crippen molar-refractivity contribution >= 4 is 34.4 Å². The summed E-state index contributed by atoms with van der Waals surface area (Å²) in [5, 5.41) is 5.68. The van der Waals surface area contributed by atoms with Gasteiger partial charge in [0.25, 0.3) is 0 Å². The molecule has 0 aromatic heterocycles. The average molecular weight is 452 g/mol. The zero-order valence-electron chi connectivity index (χ0n) is 14.0. The van der Waals surface area contributed by atoms with E-state index in [0.29, 0.717) is 23.0 Å². The second kappa shape index (κ2) is 7.30. The van der Waals surface area contributed by atoms with E-state index < -0.39 is 6.23 Å². The van der Waals surface area contributed by atoms with E-state index in [1.807, 2.05) is 24.3 Å². The molecule has 3 rings (SSSR count). The molecule has 130 valence electrons. The molecule has 0 N–H and O–H groups in total. The highest BCUT2D eigenvalue weighted by Crippen LogP contribution is 2.37. The van der Waals surface area contributed by atoms with E-state index in [4.69, 9.17) is 14.2 Å². The molecule has 1 aliphatic heterocycles. The SMILES string of the molecule is COc1ccc(OC)c([C@H]2OC(c3cccc(I)c3)=NN2C(C)=O)c1. The van der Waals surface area contributed by atoms with Crippen molar-refractivity contribution in [3.05, 3.63) is 57.2 Å². The first-order valence-electron chi connectivity index (χ1n) is 7.56. The van der Waals surface area contributed by atoms with Gasteiger partial charge in [0.1, 0.15) is 11.5 Å². The highest BCUT2D eigenvalue weighted by Gasteiger charge is 2.35. The van der Waals surface area contributed by atoms with E-state index in [2.05, 4.69) is 27.7 Å². The van der Waals surface area contributed by atoms with Crippen LogP contribution in [0.1, 0.15) is 24.3 Å². The molecule has 0 aliphatic carbocycles. The minimum absolute atomic E-state index is 0.226. The van der Waals surface area contributed by atoms with Crippen molar-refractivity contribution in [1.29, 1.82) is 0 Å². The minimum Gasteiger partial charge on any atom is -0.497 e. The van der Waals surface area contributed by atoms with E-state index in [1.165, 1.54) is 11.9 Å². The third-order valence-electron chi connectivity index (χ3n) is 3.74. The maximum atomic E-state index is 12.1.